The maximum Gasteiger partial charge on any atom is 0.0763 e. The molecule has 0 bridgehead atoms. The van der Waals surface area contributed by atoms with Gasteiger partial charge < -0.3 is 5.32 Å². The maximum absolute atomic E-state index is 5.14. The summed E-state index contributed by atoms with van der Waals surface area (Å²) < 4.78 is 1.08. The van der Waals surface area contributed by atoms with Crippen molar-refractivity contribution in [2.45, 2.75) is 6.92 Å². The molecule has 0 heterocycles. The SMILES string of the molecule is C#CCNc1cccc(C)c1Br. The molecule has 0 radical (unpaired) electrons. The second kappa shape index (κ2) is 4.18. The zero-order valence-corrected chi connectivity index (χ0v) is 8.48. The molecule has 1 nitrogen and oxygen atoms in total. The second-order valence-corrected chi connectivity index (χ2v) is 3.29. The van der Waals surface area contributed by atoms with Gasteiger partial charge in [0.2, 0.25) is 0 Å². The van der Waals surface area contributed by atoms with Crippen molar-refractivity contribution >= 4 is 21.6 Å². The van der Waals surface area contributed by atoms with Crippen molar-refractivity contribution in [2.75, 3.05) is 11.9 Å². The van der Waals surface area contributed by atoms with E-state index in [2.05, 4.69) is 27.2 Å². The van der Waals surface area contributed by atoms with Gasteiger partial charge in [-0.3, -0.25) is 0 Å². The van der Waals surface area contributed by atoms with E-state index in [1.807, 2.05) is 25.1 Å². The molecule has 1 N–H and O–H groups in total. The number of aryl methyl sites for hydroxylation is 1. The molecule has 0 aromatic heterocycles. The summed E-state index contributed by atoms with van der Waals surface area (Å²) in [4.78, 5) is 0. The van der Waals surface area contributed by atoms with Crippen LogP contribution in [0, 0.1) is 19.3 Å². The number of benzene rings is 1. The van der Waals surface area contributed by atoms with Gasteiger partial charge in [-0.2, -0.15) is 0 Å². The van der Waals surface area contributed by atoms with E-state index in [4.69, 9.17) is 6.42 Å². The van der Waals surface area contributed by atoms with Crippen LogP contribution in [-0.2, 0) is 0 Å². The summed E-state index contributed by atoms with van der Waals surface area (Å²) in [6, 6.07) is 6.04. The van der Waals surface area contributed by atoms with Crippen molar-refractivity contribution in [3.63, 3.8) is 0 Å². The Morgan fingerprint density at radius 2 is 2.33 bits per heavy atom. The van der Waals surface area contributed by atoms with Crippen molar-refractivity contribution in [2.24, 2.45) is 0 Å². The highest BCUT2D eigenvalue weighted by Gasteiger charge is 1.99. The molecular weight excluding hydrogens is 214 g/mol. The number of nitrogens with one attached hydrogen (secondary N) is 1. The van der Waals surface area contributed by atoms with E-state index in [1.54, 1.807) is 0 Å². The predicted octanol–water partition coefficient (Wildman–Crippen LogP) is 2.80. The van der Waals surface area contributed by atoms with Gasteiger partial charge in [-0.15, -0.1) is 6.42 Å². The lowest BCUT2D eigenvalue weighted by molar-refractivity contribution is 1.33. The molecule has 1 rings (SSSR count). The Hall–Kier alpha value is -0.940. The van der Waals surface area contributed by atoms with Crippen LogP contribution in [0.2, 0.25) is 0 Å². The quantitative estimate of drug-likeness (QED) is 0.761. The molecule has 0 spiro atoms. The summed E-state index contributed by atoms with van der Waals surface area (Å²) in [5.41, 5.74) is 2.25. The first kappa shape index (κ1) is 9.15. The van der Waals surface area contributed by atoms with Crippen LogP contribution in [0.15, 0.2) is 22.7 Å². The molecule has 0 aliphatic rings. The van der Waals surface area contributed by atoms with Gasteiger partial charge in [0.25, 0.3) is 0 Å². The van der Waals surface area contributed by atoms with Gasteiger partial charge in [0.15, 0.2) is 0 Å². The van der Waals surface area contributed by atoms with Crippen molar-refractivity contribution in [1.29, 1.82) is 0 Å². The predicted molar refractivity (Wildman–Crippen MR) is 56.2 cm³/mol. The van der Waals surface area contributed by atoms with Gasteiger partial charge in [0, 0.05) is 10.2 Å². The molecule has 0 saturated carbocycles. The largest absolute Gasteiger partial charge is 0.373 e. The molecule has 2 heteroatoms. The third kappa shape index (κ3) is 2.02. The van der Waals surface area contributed by atoms with E-state index in [1.165, 1.54) is 5.56 Å². The molecular formula is C10H10BrN. The summed E-state index contributed by atoms with van der Waals surface area (Å²) >= 11 is 3.48. The number of rotatable bonds is 2. The normalized spacial score (nSPS) is 9.08. The van der Waals surface area contributed by atoms with E-state index in [0.717, 1.165) is 10.2 Å². The molecule has 12 heavy (non-hydrogen) atoms. The average molecular weight is 224 g/mol. The van der Waals surface area contributed by atoms with Gasteiger partial charge in [0.1, 0.15) is 0 Å². The molecule has 0 aliphatic carbocycles. The van der Waals surface area contributed by atoms with Crippen LogP contribution in [0.1, 0.15) is 5.56 Å². The zero-order valence-electron chi connectivity index (χ0n) is 6.89. The molecule has 0 amide bonds. The first-order valence-electron chi connectivity index (χ1n) is 3.68. The first-order valence-corrected chi connectivity index (χ1v) is 4.47. The Bertz CT molecular complexity index is 312. The van der Waals surface area contributed by atoms with E-state index in [-0.39, 0.29) is 0 Å². The third-order valence-corrected chi connectivity index (χ3v) is 2.63. The van der Waals surface area contributed by atoms with Crippen LogP contribution in [-0.4, -0.2) is 6.54 Å². The van der Waals surface area contributed by atoms with Crippen LogP contribution in [0.25, 0.3) is 0 Å². The molecule has 1 aromatic rings. The molecule has 0 aliphatic heterocycles. The van der Waals surface area contributed by atoms with Crippen molar-refractivity contribution < 1.29 is 0 Å². The summed E-state index contributed by atoms with van der Waals surface area (Å²) in [6.45, 7) is 2.60. The molecule has 0 fully saturated rings. The van der Waals surface area contributed by atoms with Gasteiger partial charge in [0.05, 0.1) is 6.54 Å². The minimum absolute atomic E-state index is 0.558. The standard InChI is InChI=1S/C10H10BrN/c1-3-7-12-9-6-4-5-8(2)10(9)11/h1,4-6,12H,7H2,2H3. The number of hydrogen-bond acceptors (Lipinski definition) is 1. The summed E-state index contributed by atoms with van der Waals surface area (Å²) in [6.07, 6.45) is 5.14. The van der Waals surface area contributed by atoms with Gasteiger partial charge >= 0.3 is 0 Å². The molecule has 0 unspecified atom stereocenters. The Balaban J connectivity index is 2.86. The van der Waals surface area contributed by atoms with E-state index >= 15 is 0 Å². The van der Waals surface area contributed by atoms with Crippen molar-refractivity contribution in [1.82, 2.24) is 0 Å². The minimum Gasteiger partial charge on any atom is -0.373 e. The van der Waals surface area contributed by atoms with Crippen molar-refractivity contribution in [3.8, 4) is 12.3 Å². The molecule has 1 aromatic carbocycles. The molecule has 62 valence electrons. The van der Waals surface area contributed by atoms with Crippen LogP contribution in [0.5, 0.6) is 0 Å². The Kier molecular flexibility index (Phi) is 3.19. The van der Waals surface area contributed by atoms with E-state index < -0.39 is 0 Å². The first-order chi connectivity index (χ1) is 5.75. The van der Waals surface area contributed by atoms with Gasteiger partial charge in [-0.05, 0) is 34.5 Å². The van der Waals surface area contributed by atoms with E-state index in [0.29, 0.717) is 6.54 Å². The monoisotopic (exact) mass is 223 g/mol. The van der Waals surface area contributed by atoms with Crippen LogP contribution in [0.4, 0.5) is 5.69 Å². The highest BCUT2D eigenvalue weighted by atomic mass is 79.9. The van der Waals surface area contributed by atoms with E-state index in [9.17, 15) is 0 Å². The van der Waals surface area contributed by atoms with Gasteiger partial charge in [-0.25, -0.2) is 0 Å². The highest BCUT2D eigenvalue weighted by molar-refractivity contribution is 9.10. The van der Waals surface area contributed by atoms with Crippen molar-refractivity contribution in [3.05, 3.63) is 28.2 Å². The fourth-order valence-electron chi connectivity index (χ4n) is 0.930. The lowest BCUT2D eigenvalue weighted by Gasteiger charge is -2.06. The summed E-state index contributed by atoms with van der Waals surface area (Å²) in [7, 11) is 0. The fraction of sp³-hybridized carbons (Fsp3) is 0.200. The Morgan fingerprint density at radius 1 is 1.58 bits per heavy atom. The molecule has 0 saturated heterocycles. The summed E-state index contributed by atoms with van der Waals surface area (Å²) in [5.74, 6) is 2.53. The summed E-state index contributed by atoms with van der Waals surface area (Å²) in [5, 5.41) is 3.12. The molecule has 0 atom stereocenters. The second-order valence-electron chi connectivity index (χ2n) is 2.49. The fourth-order valence-corrected chi connectivity index (χ4v) is 1.33. The Labute approximate surface area is 81.3 Å². The number of halogens is 1. The lowest BCUT2D eigenvalue weighted by atomic mass is 10.2. The minimum atomic E-state index is 0.558. The van der Waals surface area contributed by atoms with Crippen LogP contribution < -0.4 is 5.32 Å². The van der Waals surface area contributed by atoms with Gasteiger partial charge in [-0.1, -0.05) is 18.1 Å². The lowest BCUT2D eigenvalue weighted by Crippen LogP contribution is -1.99. The zero-order chi connectivity index (χ0) is 8.97. The number of terminal acetylenes is 1. The smallest absolute Gasteiger partial charge is 0.0763 e. The highest BCUT2D eigenvalue weighted by Crippen LogP contribution is 2.25. The Morgan fingerprint density at radius 3 is 3.00 bits per heavy atom. The number of anilines is 1. The third-order valence-electron chi connectivity index (χ3n) is 1.57. The maximum atomic E-state index is 5.14. The topological polar surface area (TPSA) is 12.0 Å². The van der Waals surface area contributed by atoms with Crippen LogP contribution >= 0.6 is 15.9 Å². The number of hydrogen-bond donors (Lipinski definition) is 1. The van der Waals surface area contributed by atoms with Crippen LogP contribution in [0.3, 0.4) is 0 Å². The average Bonchev–Trinajstić information content (AvgIpc) is 2.08.